The van der Waals surface area contributed by atoms with E-state index in [9.17, 15) is 4.79 Å². The molecule has 0 saturated carbocycles. The van der Waals surface area contributed by atoms with Crippen molar-refractivity contribution in [3.63, 3.8) is 0 Å². The molecule has 0 amide bonds. The summed E-state index contributed by atoms with van der Waals surface area (Å²) >= 11 is 0. The Labute approximate surface area is 264 Å². The number of aliphatic hydroxyl groups excluding tert-OH is 1. The molecular weight excluding hydrogens is 558 g/mol. The van der Waals surface area contributed by atoms with E-state index in [1.807, 2.05) is 118 Å². The largest absolute Gasteiger partial charge is 0.489 e. The Bertz CT molecular complexity index is 1300. The Morgan fingerprint density at radius 3 is 1.45 bits per heavy atom. The van der Waals surface area contributed by atoms with Crippen LogP contribution in [0.5, 0.6) is 11.5 Å². The predicted octanol–water partition coefficient (Wildman–Crippen LogP) is 6.43. The van der Waals surface area contributed by atoms with Gasteiger partial charge in [-0.05, 0) is 110 Å². The third-order valence-corrected chi connectivity index (χ3v) is 8.56. The monoisotopic (exact) mass is 606 g/mol. The first-order valence-electron chi connectivity index (χ1n) is 15.1. The highest BCUT2D eigenvalue weighted by atomic mass is 16.7. The number of hydrogen-bond donors (Lipinski definition) is 1. The van der Waals surface area contributed by atoms with Crippen molar-refractivity contribution in [3.8, 4) is 11.5 Å². The van der Waals surface area contributed by atoms with Crippen LogP contribution in [0.15, 0.2) is 60.5 Å². The van der Waals surface area contributed by atoms with Crippen LogP contribution in [0.2, 0.25) is 0 Å². The minimum Gasteiger partial charge on any atom is -0.489 e. The number of carbonyl (C=O) groups excluding carboxylic acids is 1. The molecule has 2 aromatic carbocycles. The number of carbonyl (C=O) groups is 1. The van der Waals surface area contributed by atoms with E-state index in [-0.39, 0.29) is 43.2 Å². The maximum absolute atomic E-state index is 10.7. The molecule has 2 aromatic rings. The lowest BCUT2D eigenvalue weighted by molar-refractivity contribution is 0.00578. The summed E-state index contributed by atoms with van der Waals surface area (Å²) in [6.45, 7) is 21.0. The van der Waals surface area contributed by atoms with Crippen LogP contribution in [0, 0.1) is 13.8 Å². The molecule has 2 aliphatic rings. The smallest absolute Gasteiger partial charge is 0.486 e. The van der Waals surface area contributed by atoms with Crippen LogP contribution < -0.4 is 9.47 Å². The zero-order chi connectivity index (χ0) is 32.8. The van der Waals surface area contributed by atoms with E-state index in [1.54, 1.807) is 12.1 Å². The Morgan fingerprint density at radius 1 is 0.682 bits per heavy atom. The zero-order valence-corrected chi connectivity index (χ0v) is 27.9. The lowest BCUT2D eigenvalue weighted by Gasteiger charge is -2.32. The number of benzene rings is 2. The van der Waals surface area contributed by atoms with E-state index in [4.69, 9.17) is 33.2 Å². The van der Waals surface area contributed by atoms with Crippen LogP contribution in [0.1, 0.15) is 82.4 Å². The number of aldehydes is 1. The lowest BCUT2D eigenvalue weighted by atomic mass is 9.90. The maximum Gasteiger partial charge on any atom is 0.486 e. The molecule has 2 saturated heterocycles. The minimum absolute atomic E-state index is 0.0446. The molecule has 0 bridgehead atoms. The molecule has 10 heteroatoms. The summed E-state index contributed by atoms with van der Waals surface area (Å²) in [4.78, 5) is 10.7. The summed E-state index contributed by atoms with van der Waals surface area (Å²) in [7, 11) is -0.696. The Kier molecular flexibility index (Phi) is 11.7. The Balaban J connectivity index is 0.000000240. The van der Waals surface area contributed by atoms with Crippen molar-refractivity contribution in [3.05, 3.63) is 82.8 Å². The van der Waals surface area contributed by atoms with Crippen molar-refractivity contribution in [2.45, 2.75) is 98.2 Å². The lowest BCUT2D eigenvalue weighted by Crippen LogP contribution is -2.41. The van der Waals surface area contributed by atoms with Crippen LogP contribution in [0.3, 0.4) is 0 Å². The fourth-order valence-electron chi connectivity index (χ4n) is 4.42. The molecule has 0 atom stereocenters. The molecule has 238 valence electrons. The van der Waals surface area contributed by atoms with Gasteiger partial charge in [0.25, 0.3) is 0 Å². The first-order valence-corrected chi connectivity index (χ1v) is 15.1. The summed E-state index contributed by atoms with van der Waals surface area (Å²) in [5, 5.41) is 9.09. The molecule has 2 aliphatic heterocycles. The quantitative estimate of drug-likeness (QED) is 0.245. The van der Waals surface area contributed by atoms with Crippen molar-refractivity contribution in [2.24, 2.45) is 0 Å². The van der Waals surface area contributed by atoms with E-state index < -0.39 is 0 Å². The molecule has 2 heterocycles. The van der Waals surface area contributed by atoms with Gasteiger partial charge in [-0.15, -0.1) is 0 Å². The highest BCUT2D eigenvalue weighted by Gasteiger charge is 2.50. The Hall–Kier alpha value is -2.88. The fourth-order valence-corrected chi connectivity index (χ4v) is 4.42. The maximum atomic E-state index is 10.7. The highest BCUT2D eigenvalue weighted by Crippen LogP contribution is 2.37. The van der Waals surface area contributed by atoms with Crippen molar-refractivity contribution in [1.82, 2.24) is 0 Å². The third kappa shape index (κ3) is 9.08. The van der Waals surface area contributed by atoms with Gasteiger partial charge in [-0.25, -0.2) is 0 Å². The van der Waals surface area contributed by atoms with Crippen LogP contribution in [0.4, 0.5) is 0 Å². The molecule has 0 spiro atoms. The Morgan fingerprint density at radius 2 is 1.09 bits per heavy atom. The minimum atomic E-state index is -0.355. The summed E-state index contributed by atoms with van der Waals surface area (Å²) in [5.74, 6) is 5.33. The zero-order valence-electron chi connectivity index (χ0n) is 27.9. The van der Waals surface area contributed by atoms with Crippen molar-refractivity contribution >= 4 is 20.5 Å². The average molecular weight is 606 g/mol. The van der Waals surface area contributed by atoms with Gasteiger partial charge in [0.15, 0.2) is 0 Å². The number of aliphatic hydroxyl groups is 1. The highest BCUT2D eigenvalue weighted by molar-refractivity contribution is 6.52. The van der Waals surface area contributed by atoms with Crippen molar-refractivity contribution in [1.29, 1.82) is 0 Å². The summed E-state index contributed by atoms with van der Waals surface area (Å²) in [5.41, 5.74) is 2.19. The summed E-state index contributed by atoms with van der Waals surface area (Å²) < 4.78 is 34.9. The van der Waals surface area contributed by atoms with E-state index in [0.29, 0.717) is 18.8 Å². The van der Waals surface area contributed by atoms with Gasteiger partial charge in [0.05, 0.1) is 29.0 Å². The molecule has 0 aromatic heterocycles. The molecule has 4 rings (SSSR count). The fraction of sp³-hybridized carbons (Fsp3) is 0.500. The molecule has 0 unspecified atom stereocenters. The molecule has 1 N–H and O–H groups in total. The molecule has 0 aliphatic carbocycles. The van der Waals surface area contributed by atoms with Crippen LogP contribution in [0.25, 0.3) is 0 Å². The van der Waals surface area contributed by atoms with Crippen LogP contribution in [-0.2, 0) is 25.2 Å². The second-order valence-electron chi connectivity index (χ2n) is 13.1. The van der Waals surface area contributed by atoms with Crippen LogP contribution >= 0.6 is 0 Å². The first kappa shape index (κ1) is 35.6. The topological polar surface area (TPSA) is 92.7 Å². The van der Waals surface area contributed by atoms with E-state index in [2.05, 4.69) is 0 Å². The van der Waals surface area contributed by atoms with Gasteiger partial charge in [-0.1, -0.05) is 36.2 Å². The van der Waals surface area contributed by atoms with Gasteiger partial charge in [0.2, 0.25) is 0 Å². The predicted molar refractivity (Wildman–Crippen MR) is 175 cm³/mol. The van der Waals surface area contributed by atoms with Gasteiger partial charge < -0.3 is 33.2 Å². The van der Waals surface area contributed by atoms with Crippen LogP contribution in [-0.4, -0.2) is 61.2 Å². The van der Waals surface area contributed by atoms with Crippen molar-refractivity contribution in [2.75, 3.05) is 13.2 Å². The van der Waals surface area contributed by atoms with Gasteiger partial charge in [-0.2, -0.15) is 0 Å². The molecule has 0 radical (unpaired) electrons. The van der Waals surface area contributed by atoms with Gasteiger partial charge in [-0.3, -0.25) is 4.79 Å². The number of aryl methyl sites for hydroxylation is 2. The van der Waals surface area contributed by atoms with Crippen molar-refractivity contribution < 1.29 is 38.0 Å². The van der Waals surface area contributed by atoms with Gasteiger partial charge in [0.1, 0.15) is 31.0 Å². The number of hydrogen-bond acceptors (Lipinski definition) is 8. The molecule has 8 nitrogen and oxygen atoms in total. The summed E-state index contributed by atoms with van der Waals surface area (Å²) in [6, 6.07) is 11.0. The van der Waals surface area contributed by atoms with E-state index >= 15 is 0 Å². The second kappa shape index (κ2) is 14.5. The third-order valence-electron chi connectivity index (χ3n) is 8.56. The summed E-state index contributed by atoms with van der Waals surface area (Å²) in [6.07, 6.45) is 4.62. The number of rotatable bonds is 10. The standard InChI is InChI=1S/C17H25BO4.C17H23BO4/c2*1-13-11-14(12-19)7-8-15(13)20-10-6-9-18-21-16(2,3)17(4,5)22-18/h6-9,11,19H,10,12H2,1-5H3;6-9,11-12H,10H2,1-5H3/b2*9-6+. The normalized spacial score (nSPS) is 19.7. The SMILES string of the molecule is Cc1cc(C=O)ccc1OC/C=C/B1OC(C)(C)C(C)(C)O1.Cc1cc(CO)ccc1OC/C=C/B1OC(C)(C)C(C)(C)O1. The van der Waals surface area contributed by atoms with Gasteiger partial charge in [0, 0.05) is 5.56 Å². The first-order chi connectivity index (χ1) is 20.5. The molecule has 2 fully saturated rings. The van der Waals surface area contributed by atoms with E-state index in [0.717, 1.165) is 34.5 Å². The molecule has 44 heavy (non-hydrogen) atoms. The number of ether oxygens (including phenoxy) is 2. The van der Waals surface area contributed by atoms with Gasteiger partial charge >= 0.3 is 14.2 Å². The van der Waals surface area contributed by atoms with E-state index in [1.165, 1.54) is 0 Å². The molecular formula is C34H48B2O8. The average Bonchev–Trinajstić information content (AvgIpc) is 3.28. The second-order valence-corrected chi connectivity index (χ2v) is 13.1.